The number of carbonyl (C=O) groups is 2. The topological polar surface area (TPSA) is 69.6 Å². The van der Waals surface area contributed by atoms with Gasteiger partial charge in [0.05, 0.1) is 0 Å². The summed E-state index contributed by atoms with van der Waals surface area (Å²) >= 11 is 0. The second-order valence-electron chi connectivity index (χ2n) is 5.99. The van der Waals surface area contributed by atoms with Crippen LogP contribution in [0.3, 0.4) is 0 Å². The summed E-state index contributed by atoms with van der Waals surface area (Å²) in [6, 6.07) is 4.75. The molecular weight excluding hydrogens is 299 g/mol. The molecule has 1 fully saturated rings. The molecular formula is C17H23FN2O3. The minimum atomic E-state index is -0.852. The van der Waals surface area contributed by atoms with Gasteiger partial charge in [0.25, 0.3) is 0 Å². The Labute approximate surface area is 135 Å². The lowest BCUT2D eigenvalue weighted by atomic mass is 9.87. The van der Waals surface area contributed by atoms with E-state index in [2.05, 4.69) is 5.32 Å². The van der Waals surface area contributed by atoms with E-state index in [1.54, 1.807) is 11.0 Å². The minimum Gasteiger partial charge on any atom is -0.481 e. The number of hydrogen-bond donors (Lipinski definition) is 2. The van der Waals surface area contributed by atoms with Crippen molar-refractivity contribution in [1.29, 1.82) is 0 Å². The van der Waals surface area contributed by atoms with E-state index in [1.165, 1.54) is 6.07 Å². The summed E-state index contributed by atoms with van der Waals surface area (Å²) in [4.78, 5) is 24.2. The Morgan fingerprint density at radius 1 is 1.35 bits per heavy atom. The zero-order chi connectivity index (χ0) is 16.8. The van der Waals surface area contributed by atoms with Gasteiger partial charge < -0.3 is 15.3 Å². The van der Waals surface area contributed by atoms with Gasteiger partial charge >= 0.3 is 12.0 Å². The van der Waals surface area contributed by atoms with Gasteiger partial charge in [0.2, 0.25) is 0 Å². The molecule has 2 amide bonds. The highest BCUT2D eigenvalue weighted by Crippen LogP contribution is 2.30. The number of piperidine rings is 1. The third kappa shape index (κ3) is 4.94. The average Bonchev–Trinajstić information content (AvgIpc) is 2.51. The Morgan fingerprint density at radius 3 is 2.65 bits per heavy atom. The summed E-state index contributed by atoms with van der Waals surface area (Å²) in [5.74, 6) is -0.717. The quantitative estimate of drug-likeness (QED) is 0.819. The number of aryl methyl sites for hydroxylation is 1. The fourth-order valence-corrected chi connectivity index (χ4v) is 3.04. The lowest BCUT2D eigenvalue weighted by Crippen LogP contribution is -2.44. The van der Waals surface area contributed by atoms with Crippen molar-refractivity contribution in [3.63, 3.8) is 0 Å². The van der Waals surface area contributed by atoms with Crippen LogP contribution in [0.15, 0.2) is 18.2 Å². The first-order valence-electron chi connectivity index (χ1n) is 7.98. The molecule has 1 saturated heterocycles. The number of amides is 2. The normalized spacial score (nSPS) is 15.5. The van der Waals surface area contributed by atoms with E-state index in [1.807, 2.05) is 13.0 Å². The Hall–Kier alpha value is -2.11. The second-order valence-corrected chi connectivity index (χ2v) is 5.99. The highest BCUT2D eigenvalue weighted by atomic mass is 19.1. The van der Waals surface area contributed by atoms with Gasteiger partial charge in [0.1, 0.15) is 5.82 Å². The van der Waals surface area contributed by atoms with Crippen LogP contribution in [0.1, 0.15) is 42.7 Å². The number of carboxylic acid groups (broad SMARTS) is 1. The molecule has 1 aliphatic heterocycles. The van der Waals surface area contributed by atoms with Gasteiger partial charge in [-0.2, -0.15) is 0 Å². The second kappa shape index (κ2) is 7.94. The van der Waals surface area contributed by atoms with Crippen LogP contribution in [0, 0.1) is 12.7 Å². The van der Waals surface area contributed by atoms with Crippen LogP contribution in [0.25, 0.3) is 0 Å². The summed E-state index contributed by atoms with van der Waals surface area (Å²) in [5.41, 5.74) is 2.12. The molecule has 1 aliphatic rings. The van der Waals surface area contributed by atoms with Crippen molar-refractivity contribution in [1.82, 2.24) is 10.2 Å². The first-order chi connectivity index (χ1) is 11.0. The number of hydrogen-bond acceptors (Lipinski definition) is 2. The standard InChI is InChI=1S/C17H23FN2O3/c1-12-11-14(18)4-5-15(12)13-6-9-20(10-7-13)17(23)19-8-2-3-16(21)22/h4-5,11,13H,2-3,6-10H2,1H3,(H,19,23)(H,21,22). The maximum atomic E-state index is 13.2. The molecule has 1 aromatic rings. The maximum absolute atomic E-state index is 13.2. The first-order valence-corrected chi connectivity index (χ1v) is 7.98. The monoisotopic (exact) mass is 322 g/mol. The zero-order valence-corrected chi connectivity index (χ0v) is 13.3. The van der Waals surface area contributed by atoms with E-state index in [0.29, 0.717) is 32.0 Å². The smallest absolute Gasteiger partial charge is 0.317 e. The lowest BCUT2D eigenvalue weighted by Gasteiger charge is -2.32. The van der Waals surface area contributed by atoms with Gasteiger partial charge in [-0.25, -0.2) is 9.18 Å². The zero-order valence-electron chi connectivity index (χ0n) is 13.3. The largest absolute Gasteiger partial charge is 0.481 e. The molecule has 0 bridgehead atoms. The van der Waals surface area contributed by atoms with Gasteiger partial charge in [-0.15, -0.1) is 0 Å². The van der Waals surface area contributed by atoms with Crippen LogP contribution < -0.4 is 5.32 Å². The SMILES string of the molecule is Cc1cc(F)ccc1C1CCN(C(=O)NCCCC(=O)O)CC1. The van der Waals surface area contributed by atoms with Crippen molar-refractivity contribution < 1.29 is 19.1 Å². The predicted octanol–water partition coefficient (Wildman–Crippen LogP) is 2.89. The molecule has 2 N–H and O–H groups in total. The van der Waals surface area contributed by atoms with Crippen molar-refractivity contribution in [2.24, 2.45) is 0 Å². The summed E-state index contributed by atoms with van der Waals surface area (Å²) in [6.07, 6.45) is 2.21. The third-order valence-corrected chi connectivity index (χ3v) is 4.30. The van der Waals surface area contributed by atoms with E-state index in [4.69, 9.17) is 5.11 Å². The van der Waals surface area contributed by atoms with Crippen molar-refractivity contribution in [3.8, 4) is 0 Å². The first kappa shape index (κ1) is 17.2. The Balaban J connectivity index is 1.79. The number of nitrogens with one attached hydrogen (secondary N) is 1. The van der Waals surface area contributed by atoms with E-state index >= 15 is 0 Å². The summed E-state index contributed by atoms with van der Waals surface area (Å²) < 4.78 is 13.2. The molecule has 0 aliphatic carbocycles. The van der Waals surface area contributed by atoms with Gasteiger partial charge in [-0.1, -0.05) is 6.07 Å². The van der Waals surface area contributed by atoms with Gasteiger partial charge in [0, 0.05) is 26.1 Å². The minimum absolute atomic E-state index is 0.0617. The van der Waals surface area contributed by atoms with Crippen LogP contribution >= 0.6 is 0 Å². The Bertz CT molecular complexity index is 569. The molecule has 0 spiro atoms. The number of aliphatic carboxylic acids is 1. The highest BCUT2D eigenvalue weighted by molar-refractivity contribution is 5.74. The fourth-order valence-electron chi connectivity index (χ4n) is 3.04. The lowest BCUT2D eigenvalue weighted by molar-refractivity contribution is -0.137. The van der Waals surface area contributed by atoms with Gasteiger partial charge in [0.15, 0.2) is 0 Å². The molecule has 1 heterocycles. The molecule has 126 valence electrons. The number of carboxylic acids is 1. The van der Waals surface area contributed by atoms with Crippen molar-refractivity contribution in [2.45, 2.75) is 38.5 Å². The average molecular weight is 322 g/mol. The number of carbonyl (C=O) groups excluding carboxylic acids is 1. The van der Waals surface area contributed by atoms with E-state index in [0.717, 1.165) is 24.0 Å². The molecule has 6 heteroatoms. The summed E-state index contributed by atoms with van der Waals surface area (Å²) in [5, 5.41) is 11.3. The number of urea groups is 1. The van der Waals surface area contributed by atoms with E-state index < -0.39 is 5.97 Å². The molecule has 2 rings (SSSR count). The van der Waals surface area contributed by atoms with Crippen LogP contribution in [-0.2, 0) is 4.79 Å². The Morgan fingerprint density at radius 2 is 2.04 bits per heavy atom. The molecule has 23 heavy (non-hydrogen) atoms. The summed E-state index contributed by atoms with van der Waals surface area (Å²) in [7, 11) is 0. The van der Waals surface area contributed by atoms with Crippen LogP contribution in [0.5, 0.6) is 0 Å². The molecule has 0 unspecified atom stereocenters. The number of halogens is 1. The van der Waals surface area contributed by atoms with Crippen LogP contribution in [0.2, 0.25) is 0 Å². The maximum Gasteiger partial charge on any atom is 0.317 e. The van der Waals surface area contributed by atoms with Gasteiger partial charge in [-0.05, 0) is 55.4 Å². The molecule has 0 saturated carbocycles. The highest BCUT2D eigenvalue weighted by Gasteiger charge is 2.24. The van der Waals surface area contributed by atoms with Crippen molar-refractivity contribution >= 4 is 12.0 Å². The molecule has 0 atom stereocenters. The molecule has 5 nitrogen and oxygen atoms in total. The van der Waals surface area contributed by atoms with E-state index in [9.17, 15) is 14.0 Å². The fraction of sp³-hybridized carbons (Fsp3) is 0.529. The number of likely N-dealkylation sites (tertiary alicyclic amines) is 1. The Kier molecular flexibility index (Phi) is 5.96. The van der Waals surface area contributed by atoms with Gasteiger partial charge in [-0.3, -0.25) is 4.79 Å². The predicted molar refractivity (Wildman–Crippen MR) is 85.0 cm³/mol. The van der Waals surface area contributed by atoms with Crippen LogP contribution in [0.4, 0.5) is 9.18 Å². The number of nitrogens with zero attached hydrogens (tertiary/aromatic N) is 1. The number of rotatable bonds is 5. The van der Waals surface area contributed by atoms with Crippen LogP contribution in [-0.4, -0.2) is 41.6 Å². The number of benzene rings is 1. The van der Waals surface area contributed by atoms with Crippen molar-refractivity contribution in [2.75, 3.05) is 19.6 Å². The van der Waals surface area contributed by atoms with E-state index in [-0.39, 0.29) is 18.3 Å². The molecule has 1 aromatic carbocycles. The summed E-state index contributed by atoms with van der Waals surface area (Å²) in [6.45, 7) is 3.61. The molecule has 0 radical (unpaired) electrons. The third-order valence-electron chi connectivity index (χ3n) is 4.30. The van der Waals surface area contributed by atoms with Crippen molar-refractivity contribution in [3.05, 3.63) is 35.1 Å². The molecule has 0 aromatic heterocycles.